The van der Waals surface area contributed by atoms with Crippen molar-refractivity contribution in [3.63, 3.8) is 0 Å². The molecule has 1 heterocycles. The molecule has 0 aliphatic rings. The highest BCUT2D eigenvalue weighted by Crippen LogP contribution is 2.27. The SMILES string of the molecule is CCOC(=O)c1noc(C(Cc2ccc3ccccc3c2)N(C)C(=O)C(Cc2ccc3ccccc3c2)NC(=O)c2cccc(CN)c2)n1. The Bertz CT molecular complexity index is 2130. The Morgan fingerprint density at radius 1 is 0.796 bits per heavy atom. The molecule has 49 heavy (non-hydrogen) atoms. The molecule has 0 spiro atoms. The summed E-state index contributed by atoms with van der Waals surface area (Å²) in [6, 6.07) is 33.2. The zero-order chi connectivity index (χ0) is 34.3. The van der Waals surface area contributed by atoms with E-state index in [1.165, 1.54) is 4.90 Å². The lowest BCUT2D eigenvalue weighted by Crippen LogP contribution is -2.49. The highest BCUT2D eigenvalue weighted by Gasteiger charge is 2.34. The lowest BCUT2D eigenvalue weighted by Gasteiger charge is -2.30. The van der Waals surface area contributed by atoms with Crippen molar-refractivity contribution in [1.82, 2.24) is 20.4 Å². The first-order valence-electron chi connectivity index (χ1n) is 16.2. The van der Waals surface area contributed by atoms with Crippen molar-refractivity contribution in [2.24, 2.45) is 5.73 Å². The quantitative estimate of drug-likeness (QED) is 0.158. The van der Waals surface area contributed by atoms with Gasteiger partial charge in [0.05, 0.1) is 6.61 Å². The molecule has 6 aromatic rings. The number of carbonyl (C=O) groups is 3. The van der Waals surface area contributed by atoms with Gasteiger partial charge in [0.1, 0.15) is 12.1 Å². The van der Waals surface area contributed by atoms with Crippen LogP contribution in [0, 0.1) is 0 Å². The van der Waals surface area contributed by atoms with Crippen molar-refractivity contribution >= 4 is 39.3 Å². The van der Waals surface area contributed by atoms with Gasteiger partial charge in [-0.15, -0.1) is 0 Å². The molecule has 5 aromatic carbocycles. The molecule has 0 saturated carbocycles. The second kappa shape index (κ2) is 14.9. The van der Waals surface area contributed by atoms with Crippen molar-refractivity contribution < 1.29 is 23.6 Å². The summed E-state index contributed by atoms with van der Waals surface area (Å²) in [5.41, 5.74) is 8.81. The largest absolute Gasteiger partial charge is 0.460 e. The highest BCUT2D eigenvalue weighted by molar-refractivity contribution is 5.98. The molecule has 2 amide bonds. The number of nitrogens with one attached hydrogen (secondary N) is 1. The number of benzene rings is 5. The number of hydrogen-bond donors (Lipinski definition) is 2. The van der Waals surface area contributed by atoms with E-state index < -0.39 is 24.0 Å². The number of ether oxygens (including phenoxy) is 1. The summed E-state index contributed by atoms with van der Waals surface area (Å²) in [7, 11) is 1.64. The summed E-state index contributed by atoms with van der Waals surface area (Å²) >= 11 is 0. The van der Waals surface area contributed by atoms with Crippen molar-refractivity contribution in [2.75, 3.05) is 13.7 Å². The number of aromatic nitrogens is 2. The number of rotatable bonds is 12. The van der Waals surface area contributed by atoms with Crippen LogP contribution in [0.2, 0.25) is 0 Å². The molecule has 248 valence electrons. The zero-order valence-electron chi connectivity index (χ0n) is 27.3. The Kier molecular flexibility index (Phi) is 10.1. The molecule has 0 aliphatic carbocycles. The third-order valence-electron chi connectivity index (χ3n) is 8.52. The van der Waals surface area contributed by atoms with Crippen LogP contribution in [0.25, 0.3) is 21.5 Å². The van der Waals surface area contributed by atoms with Crippen molar-refractivity contribution in [1.29, 1.82) is 0 Å². The molecule has 1 aromatic heterocycles. The number of nitrogens with zero attached hydrogens (tertiary/aromatic N) is 3. The van der Waals surface area contributed by atoms with Crippen LogP contribution in [0.4, 0.5) is 0 Å². The molecular formula is C39H37N5O5. The van der Waals surface area contributed by atoms with E-state index in [1.54, 1.807) is 32.2 Å². The smallest absolute Gasteiger partial charge is 0.379 e. The number of esters is 1. The van der Waals surface area contributed by atoms with Crippen molar-refractivity contribution in [3.8, 4) is 0 Å². The van der Waals surface area contributed by atoms with Crippen LogP contribution >= 0.6 is 0 Å². The van der Waals surface area contributed by atoms with E-state index in [0.29, 0.717) is 12.0 Å². The van der Waals surface area contributed by atoms with E-state index in [0.717, 1.165) is 38.2 Å². The normalized spacial score (nSPS) is 12.4. The van der Waals surface area contributed by atoms with Crippen LogP contribution in [0.15, 0.2) is 114 Å². The number of nitrogens with two attached hydrogens (primary N) is 1. The Hall–Kier alpha value is -5.87. The van der Waals surface area contributed by atoms with E-state index in [-0.39, 0.29) is 37.2 Å². The van der Waals surface area contributed by atoms with Gasteiger partial charge in [-0.1, -0.05) is 97.1 Å². The average Bonchev–Trinajstić information content (AvgIpc) is 3.63. The Morgan fingerprint density at radius 2 is 1.43 bits per heavy atom. The molecule has 3 N–H and O–H groups in total. The second-order valence-electron chi connectivity index (χ2n) is 11.8. The van der Waals surface area contributed by atoms with Gasteiger partial charge in [-0.2, -0.15) is 4.98 Å². The second-order valence-corrected chi connectivity index (χ2v) is 11.8. The third-order valence-corrected chi connectivity index (χ3v) is 8.52. The fourth-order valence-corrected chi connectivity index (χ4v) is 5.91. The maximum absolute atomic E-state index is 14.6. The fourth-order valence-electron chi connectivity index (χ4n) is 5.91. The van der Waals surface area contributed by atoms with E-state index in [4.69, 9.17) is 15.0 Å². The minimum absolute atomic E-state index is 0.0680. The van der Waals surface area contributed by atoms with Crippen LogP contribution in [-0.4, -0.2) is 52.5 Å². The number of likely N-dealkylation sites (N-methyl/N-ethyl adjacent to an activating group) is 1. The Balaban J connectivity index is 1.35. The predicted molar refractivity (Wildman–Crippen MR) is 187 cm³/mol. The van der Waals surface area contributed by atoms with Crippen LogP contribution in [-0.2, 0) is 28.9 Å². The van der Waals surface area contributed by atoms with Gasteiger partial charge in [-0.25, -0.2) is 4.79 Å². The number of hydrogen-bond acceptors (Lipinski definition) is 8. The minimum Gasteiger partial charge on any atom is -0.460 e. The van der Waals surface area contributed by atoms with E-state index in [9.17, 15) is 14.4 Å². The van der Waals surface area contributed by atoms with Gasteiger partial charge >= 0.3 is 5.97 Å². The molecule has 0 fully saturated rings. The van der Waals surface area contributed by atoms with Gasteiger partial charge in [0, 0.05) is 32.0 Å². The Labute approximate surface area is 283 Å². The molecular weight excluding hydrogens is 618 g/mol. The van der Waals surface area contributed by atoms with Crippen LogP contribution in [0.5, 0.6) is 0 Å². The van der Waals surface area contributed by atoms with E-state index >= 15 is 0 Å². The van der Waals surface area contributed by atoms with Gasteiger partial charge < -0.3 is 25.2 Å². The predicted octanol–water partition coefficient (Wildman–Crippen LogP) is 5.79. The maximum atomic E-state index is 14.6. The van der Waals surface area contributed by atoms with Gasteiger partial charge in [0.15, 0.2) is 0 Å². The molecule has 2 atom stereocenters. The molecule has 0 saturated heterocycles. The van der Waals surface area contributed by atoms with Gasteiger partial charge in [-0.3, -0.25) is 9.59 Å². The molecule has 10 nitrogen and oxygen atoms in total. The van der Waals surface area contributed by atoms with Crippen molar-refractivity contribution in [2.45, 2.75) is 38.4 Å². The van der Waals surface area contributed by atoms with Crippen molar-refractivity contribution in [3.05, 3.63) is 143 Å². The van der Waals surface area contributed by atoms with E-state index in [2.05, 4.69) is 15.5 Å². The first-order chi connectivity index (χ1) is 23.8. The average molecular weight is 656 g/mol. The van der Waals surface area contributed by atoms with Crippen LogP contribution in [0.1, 0.15) is 56.5 Å². The minimum atomic E-state index is -0.966. The molecule has 0 bridgehead atoms. The van der Waals surface area contributed by atoms with Crippen LogP contribution < -0.4 is 11.1 Å². The third kappa shape index (κ3) is 7.66. The molecule has 0 radical (unpaired) electrons. The lowest BCUT2D eigenvalue weighted by atomic mass is 9.98. The van der Waals surface area contributed by atoms with Gasteiger partial charge in [0.2, 0.25) is 11.8 Å². The molecule has 2 unspecified atom stereocenters. The van der Waals surface area contributed by atoms with Gasteiger partial charge in [-0.05, 0) is 62.4 Å². The summed E-state index contributed by atoms with van der Waals surface area (Å²) in [5.74, 6) is -1.67. The van der Waals surface area contributed by atoms with Crippen LogP contribution in [0.3, 0.4) is 0 Å². The number of carbonyl (C=O) groups excluding carboxylic acids is 3. The Morgan fingerprint density at radius 3 is 2.06 bits per heavy atom. The molecule has 0 aliphatic heterocycles. The first kappa shape index (κ1) is 33.0. The zero-order valence-corrected chi connectivity index (χ0v) is 27.3. The topological polar surface area (TPSA) is 141 Å². The summed E-state index contributed by atoms with van der Waals surface area (Å²) < 4.78 is 10.7. The fraction of sp³-hybridized carbons (Fsp3) is 0.205. The number of fused-ring (bicyclic) bond motifs is 2. The highest BCUT2D eigenvalue weighted by atomic mass is 16.5. The van der Waals surface area contributed by atoms with E-state index in [1.807, 2.05) is 91.0 Å². The standard InChI is InChI=1S/C39H37N5O5/c1-3-48-39(47)35-42-37(49-43-35)34(23-26-16-18-29-11-5-7-13-31(29)20-26)44(2)38(46)33(41-36(45)32-14-8-9-27(21-32)24-40)22-25-15-17-28-10-4-6-12-30(28)19-25/h4-21,33-34H,3,22-24,40H2,1-2H3,(H,41,45). The lowest BCUT2D eigenvalue weighted by molar-refractivity contribution is -0.134. The molecule has 6 rings (SSSR count). The monoisotopic (exact) mass is 655 g/mol. The summed E-state index contributed by atoms with van der Waals surface area (Å²) in [6.45, 7) is 2.10. The number of amides is 2. The molecule has 10 heteroatoms. The maximum Gasteiger partial charge on any atom is 0.379 e. The first-order valence-corrected chi connectivity index (χ1v) is 16.2. The van der Waals surface area contributed by atoms with Gasteiger partial charge in [0.25, 0.3) is 11.7 Å². The summed E-state index contributed by atoms with van der Waals surface area (Å²) in [5, 5.41) is 11.0. The summed E-state index contributed by atoms with van der Waals surface area (Å²) in [6.07, 6.45) is 0.518. The summed E-state index contributed by atoms with van der Waals surface area (Å²) in [4.78, 5) is 46.5.